The molecule has 0 radical (unpaired) electrons. The van der Waals surface area contributed by atoms with Crippen LogP contribution in [0.4, 0.5) is 4.39 Å². The molecule has 0 heterocycles. The van der Waals surface area contributed by atoms with Crippen molar-refractivity contribution in [3.63, 3.8) is 0 Å². The molecule has 0 atom stereocenters. The summed E-state index contributed by atoms with van der Waals surface area (Å²) in [5.41, 5.74) is 7.25. The normalized spacial score (nSPS) is 10.3. The molecule has 0 bridgehead atoms. The fourth-order valence-electron chi connectivity index (χ4n) is 1.60. The molecular formula is C14H11BrFNOS. The van der Waals surface area contributed by atoms with Crippen LogP contribution in [0, 0.1) is 12.7 Å². The van der Waals surface area contributed by atoms with Crippen LogP contribution in [0.15, 0.2) is 40.9 Å². The van der Waals surface area contributed by atoms with Crippen molar-refractivity contribution in [2.45, 2.75) is 6.92 Å². The number of halogens is 2. The van der Waals surface area contributed by atoms with E-state index in [4.69, 9.17) is 22.7 Å². The zero-order valence-corrected chi connectivity index (χ0v) is 12.5. The molecule has 0 unspecified atom stereocenters. The Hall–Kier alpha value is -1.46. The van der Waals surface area contributed by atoms with E-state index in [2.05, 4.69) is 15.9 Å². The second-order valence-corrected chi connectivity index (χ2v) is 5.40. The highest BCUT2D eigenvalue weighted by atomic mass is 79.9. The van der Waals surface area contributed by atoms with Crippen LogP contribution in [0.3, 0.4) is 0 Å². The highest BCUT2D eigenvalue weighted by molar-refractivity contribution is 9.10. The summed E-state index contributed by atoms with van der Waals surface area (Å²) in [6.07, 6.45) is 0. The topological polar surface area (TPSA) is 35.2 Å². The average molecular weight is 340 g/mol. The monoisotopic (exact) mass is 339 g/mol. The van der Waals surface area contributed by atoms with E-state index in [1.165, 1.54) is 6.07 Å². The van der Waals surface area contributed by atoms with Gasteiger partial charge in [-0.15, -0.1) is 0 Å². The Bertz CT molecular complexity index is 645. The van der Waals surface area contributed by atoms with Crippen LogP contribution < -0.4 is 10.5 Å². The number of hydrogen-bond donors (Lipinski definition) is 1. The molecule has 19 heavy (non-hydrogen) atoms. The maximum Gasteiger partial charge on any atom is 0.165 e. The van der Waals surface area contributed by atoms with Crippen molar-refractivity contribution in [3.05, 3.63) is 57.8 Å². The molecule has 2 aromatic carbocycles. The van der Waals surface area contributed by atoms with Gasteiger partial charge in [-0.3, -0.25) is 0 Å². The van der Waals surface area contributed by atoms with E-state index in [0.29, 0.717) is 11.3 Å². The first-order valence-electron chi connectivity index (χ1n) is 5.51. The number of hydrogen-bond acceptors (Lipinski definition) is 2. The SMILES string of the molecule is Cc1ccc(Oc2cc(Br)ccc2F)c(C(N)=S)c1. The van der Waals surface area contributed by atoms with Gasteiger partial charge in [0, 0.05) is 4.47 Å². The van der Waals surface area contributed by atoms with E-state index in [9.17, 15) is 4.39 Å². The van der Waals surface area contributed by atoms with Crippen molar-refractivity contribution in [2.24, 2.45) is 5.73 Å². The van der Waals surface area contributed by atoms with Gasteiger partial charge in [-0.05, 0) is 37.3 Å². The Labute approximate surface area is 124 Å². The lowest BCUT2D eigenvalue weighted by Gasteiger charge is -2.12. The fraction of sp³-hybridized carbons (Fsp3) is 0.0714. The molecule has 0 aromatic heterocycles. The quantitative estimate of drug-likeness (QED) is 0.845. The van der Waals surface area contributed by atoms with E-state index in [-0.39, 0.29) is 10.7 Å². The molecule has 0 aliphatic heterocycles. The van der Waals surface area contributed by atoms with Crippen molar-refractivity contribution < 1.29 is 9.13 Å². The molecular weight excluding hydrogens is 329 g/mol. The molecule has 0 amide bonds. The summed E-state index contributed by atoms with van der Waals surface area (Å²) in [7, 11) is 0. The lowest BCUT2D eigenvalue weighted by Crippen LogP contribution is -2.11. The van der Waals surface area contributed by atoms with Gasteiger partial charge in [-0.25, -0.2) is 4.39 Å². The second-order valence-electron chi connectivity index (χ2n) is 4.04. The zero-order chi connectivity index (χ0) is 14.0. The number of aryl methyl sites for hydroxylation is 1. The minimum atomic E-state index is -0.447. The van der Waals surface area contributed by atoms with Crippen LogP contribution in [-0.4, -0.2) is 4.99 Å². The van der Waals surface area contributed by atoms with Gasteiger partial charge in [0.1, 0.15) is 10.7 Å². The number of nitrogens with two attached hydrogens (primary N) is 1. The summed E-state index contributed by atoms with van der Waals surface area (Å²) in [5, 5.41) is 0. The second kappa shape index (κ2) is 5.67. The highest BCUT2D eigenvalue weighted by Gasteiger charge is 2.11. The molecule has 2 N–H and O–H groups in total. The Kier molecular flexibility index (Phi) is 4.17. The van der Waals surface area contributed by atoms with Gasteiger partial charge < -0.3 is 10.5 Å². The average Bonchev–Trinajstić information content (AvgIpc) is 2.35. The lowest BCUT2D eigenvalue weighted by atomic mass is 10.1. The summed E-state index contributed by atoms with van der Waals surface area (Å²) >= 11 is 8.25. The first-order chi connectivity index (χ1) is 8.97. The molecule has 0 spiro atoms. The van der Waals surface area contributed by atoms with Crippen molar-refractivity contribution in [2.75, 3.05) is 0 Å². The molecule has 5 heteroatoms. The predicted molar refractivity (Wildman–Crippen MR) is 81.2 cm³/mol. The standard InChI is InChI=1S/C14H11BrFNOS/c1-8-2-5-12(10(6-8)14(17)19)18-13-7-9(15)3-4-11(13)16/h2-7H,1H3,(H2,17,19). The van der Waals surface area contributed by atoms with Gasteiger partial charge in [0.15, 0.2) is 11.6 Å². The van der Waals surface area contributed by atoms with Crippen molar-refractivity contribution in [1.29, 1.82) is 0 Å². The summed E-state index contributed by atoms with van der Waals surface area (Å²) in [6.45, 7) is 1.92. The molecule has 0 saturated carbocycles. The van der Waals surface area contributed by atoms with E-state index in [1.807, 2.05) is 19.1 Å². The van der Waals surface area contributed by atoms with Crippen molar-refractivity contribution >= 4 is 33.1 Å². The number of rotatable bonds is 3. The van der Waals surface area contributed by atoms with Crippen LogP contribution in [-0.2, 0) is 0 Å². The summed E-state index contributed by atoms with van der Waals surface area (Å²) in [5.74, 6) is 0.114. The first kappa shape index (κ1) is 14.0. The van der Waals surface area contributed by atoms with Gasteiger partial charge in [0.2, 0.25) is 0 Å². The molecule has 2 aromatic rings. The maximum absolute atomic E-state index is 13.7. The van der Waals surface area contributed by atoms with Gasteiger partial charge in [0.05, 0.1) is 5.56 Å². The summed E-state index contributed by atoms with van der Waals surface area (Å²) in [4.78, 5) is 0.217. The number of thiocarbonyl (C=S) groups is 1. The van der Waals surface area contributed by atoms with Crippen LogP contribution in [0.5, 0.6) is 11.5 Å². The minimum absolute atomic E-state index is 0.121. The molecule has 0 aliphatic rings. The summed E-state index contributed by atoms with van der Waals surface area (Å²) in [6, 6.07) is 9.88. The zero-order valence-electron chi connectivity index (χ0n) is 10.1. The molecule has 0 saturated heterocycles. The van der Waals surface area contributed by atoms with E-state index < -0.39 is 5.82 Å². The Morgan fingerprint density at radius 2 is 1.95 bits per heavy atom. The van der Waals surface area contributed by atoms with Crippen molar-refractivity contribution in [3.8, 4) is 11.5 Å². The molecule has 2 rings (SSSR count). The molecule has 0 fully saturated rings. The Morgan fingerprint density at radius 1 is 1.21 bits per heavy atom. The van der Waals surface area contributed by atoms with Gasteiger partial charge in [-0.1, -0.05) is 39.8 Å². The number of ether oxygens (including phenoxy) is 1. The molecule has 2 nitrogen and oxygen atoms in total. The highest BCUT2D eigenvalue weighted by Crippen LogP contribution is 2.30. The van der Waals surface area contributed by atoms with Gasteiger partial charge >= 0.3 is 0 Å². The number of benzene rings is 2. The lowest BCUT2D eigenvalue weighted by molar-refractivity contribution is 0.441. The fourth-order valence-corrected chi connectivity index (χ4v) is 2.10. The van der Waals surface area contributed by atoms with E-state index >= 15 is 0 Å². The third-order valence-corrected chi connectivity index (χ3v) is 3.23. The molecule has 0 aliphatic carbocycles. The third-order valence-electron chi connectivity index (χ3n) is 2.51. The van der Waals surface area contributed by atoms with E-state index in [0.717, 1.165) is 10.0 Å². The Morgan fingerprint density at radius 3 is 2.63 bits per heavy atom. The molecule has 98 valence electrons. The Balaban J connectivity index is 2.43. The van der Waals surface area contributed by atoms with Crippen LogP contribution in [0.1, 0.15) is 11.1 Å². The van der Waals surface area contributed by atoms with Crippen LogP contribution in [0.25, 0.3) is 0 Å². The smallest absolute Gasteiger partial charge is 0.165 e. The van der Waals surface area contributed by atoms with Gasteiger partial charge in [0.25, 0.3) is 0 Å². The largest absolute Gasteiger partial charge is 0.454 e. The third kappa shape index (κ3) is 3.30. The van der Waals surface area contributed by atoms with E-state index in [1.54, 1.807) is 18.2 Å². The minimum Gasteiger partial charge on any atom is -0.454 e. The summed E-state index contributed by atoms with van der Waals surface area (Å²) < 4.78 is 20.0. The van der Waals surface area contributed by atoms with Gasteiger partial charge in [-0.2, -0.15) is 0 Å². The predicted octanol–water partition coefficient (Wildman–Crippen LogP) is 4.32. The maximum atomic E-state index is 13.7. The van der Waals surface area contributed by atoms with Crippen molar-refractivity contribution in [1.82, 2.24) is 0 Å². The first-order valence-corrected chi connectivity index (χ1v) is 6.71. The van der Waals surface area contributed by atoms with Crippen LogP contribution >= 0.6 is 28.1 Å². The van der Waals surface area contributed by atoms with Crippen LogP contribution in [0.2, 0.25) is 0 Å².